The zero-order chi connectivity index (χ0) is 12.9. The van der Waals surface area contributed by atoms with Crippen LogP contribution >= 0.6 is 0 Å². The third-order valence-corrected chi connectivity index (χ3v) is 3.52. The SMILES string of the molecule is N#Cc1ccc(S(=O)(=O)CCC=C(F)F)nc1. The Labute approximate surface area is 97.1 Å². The van der Waals surface area contributed by atoms with E-state index in [-0.39, 0.29) is 17.0 Å². The highest BCUT2D eigenvalue weighted by Crippen LogP contribution is 2.11. The third kappa shape index (κ3) is 3.92. The molecule has 0 spiro atoms. The highest BCUT2D eigenvalue weighted by atomic mass is 32.2. The number of hydrogen-bond donors (Lipinski definition) is 0. The molecule has 0 unspecified atom stereocenters. The van der Waals surface area contributed by atoms with Crippen LogP contribution in [-0.4, -0.2) is 19.2 Å². The van der Waals surface area contributed by atoms with Gasteiger partial charge in [-0.25, -0.2) is 13.4 Å². The van der Waals surface area contributed by atoms with Crippen LogP contribution in [0.3, 0.4) is 0 Å². The van der Waals surface area contributed by atoms with Crippen LogP contribution in [0.5, 0.6) is 0 Å². The molecule has 1 heterocycles. The summed E-state index contributed by atoms with van der Waals surface area (Å²) in [7, 11) is -3.68. The van der Waals surface area contributed by atoms with Crippen LogP contribution in [0.15, 0.2) is 35.5 Å². The Kier molecular flexibility index (Phi) is 4.29. The lowest BCUT2D eigenvalue weighted by atomic mass is 10.3. The molecule has 0 aliphatic rings. The van der Waals surface area contributed by atoms with E-state index in [4.69, 9.17) is 5.26 Å². The van der Waals surface area contributed by atoms with Crippen molar-refractivity contribution in [1.82, 2.24) is 4.98 Å². The molecule has 90 valence electrons. The monoisotopic (exact) mass is 258 g/mol. The number of hydrogen-bond acceptors (Lipinski definition) is 4. The number of halogens is 2. The topological polar surface area (TPSA) is 70.8 Å². The van der Waals surface area contributed by atoms with Crippen LogP contribution in [-0.2, 0) is 9.84 Å². The van der Waals surface area contributed by atoms with Crippen molar-refractivity contribution in [2.45, 2.75) is 11.4 Å². The molecule has 1 aromatic heterocycles. The maximum atomic E-state index is 11.7. The van der Waals surface area contributed by atoms with Gasteiger partial charge in [0.2, 0.25) is 0 Å². The van der Waals surface area contributed by atoms with Gasteiger partial charge in [0, 0.05) is 6.20 Å². The first-order chi connectivity index (χ1) is 7.95. The average Bonchev–Trinajstić information content (AvgIpc) is 2.28. The van der Waals surface area contributed by atoms with Crippen molar-refractivity contribution in [1.29, 1.82) is 5.26 Å². The summed E-state index contributed by atoms with van der Waals surface area (Å²) >= 11 is 0. The summed E-state index contributed by atoms with van der Waals surface area (Å²) in [6.45, 7) is 0. The molecule has 7 heteroatoms. The Morgan fingerprint density at radius 3 is 2.65 bits per heavy atom. The molecule has 17 heavy (non-hydrogen) atoms. The molecule has 0 saturated carbocycles. The molecule has 0 amide bonds. The van der Waals surface area contributed by atoms with E-state index in [0.717, 1.165) is 6.20 Å². The maximum absolute atomic E-state index is 11.7. The summed E-state index contributed by atoms with van der Waals surface area (Å²) in [5, 5.41) is 8.28. The molecule has 1 aromatic rings. The van der Waals surface area contributed by atoms with E-state index < -0.39 is 21.7 Å². The van der Waals surface area contributed by atoms with Crippen molar-refractivity contribution in [3.63, 3.8) is 0 Å². The molecule has 4 nitrogen and oxygen atoms in total. The van der Waals surface area contributed by atoms with Crippen molar-refractivity contribution >= 4 is 9.84 Å². The van der Waals surface area contributed by atoms with Gasteiger partial charge in [-0.15, -0.1) is 0 Å². The summed E-state index contributed by atoms with van der Waals surface area (Å²) < 4.78 is 46.6. The van der Waals surface area contributed by atoms with Gasteiger partial charge in [-0.05, 0) is 24.6 Å². The standard InChI is InChI=1S/C10H8F2N2O2S/c11-9(12)2-1-5-17(15,16)10-4-3-8(6-13)7-14-10/h2-4,7H,1,5H2. The van der Waals surface area contributed by atoms with Crippen LogP contribution in [0.25, 0.3) is 0 Å². The van der Waals surface area contributed by atoms with Crippen molar-refractivity contribution < 1.29 is 17.2 Å². The predicted octanol–water partition coefficient (Wildman–Crippen LogP) is 1.90. The number of rotatable bonds is 4. The van der Waals surface area contributed by atoms with E-state index in [1.54, 1.807) is 6.07 Å². The maximum Gasteiger partial charge on any atom is 0.266 e. The Balaban J connectivity index is 2.83. The second-order valence-corrected chi connectivity index (χ2v) is 5.15. The molecule has 0 aliphatic heterocycles. The third-order valence-electron chi connectivity index (χ3n) is 1.87. The van der Waals surface area contributed by atoms with E-state index >= 15 is 0 Å². The highest BCUT2D eigenvalue weighted by Gasteiger charge is 2.15. The molecule has 0 aliphatic carbocycles. The van der Waals surface area contributed by atoms with Gasteiger partial charge < -0.3 is 0 Å². The number of allylic oxidation sites excluding steroid dienone is 1. The first-order valence-corrected chi connectivity index (χ1v) is 6.21. The van der Waals surface area contributed by atoms with Gasteiger partial charge in [-0.2, -0.15) is 14.0 Å². The average molecular weight is 258 g/mol. The fourth-order valence-electron chi connectivity index (χ4n) is 1.06. The van der Waals surface area contributed by atoms with Crippen molar-refractivity contribution in [2.24, 2.45) is 0 Å². The Morgan fingerprint density at radius 2 is 2.18 bits per heavy atom. The number of sulfone groups is 1. The van der Waals surface area contributed by atoms with Gasteiger partial charge in [-0.3, -0.25) is 0 Å². The summed E-state index contributed by atoms with van der Waals surface area (Å²) in [6, 6.07) is 4.29. The Bertz CT molecular complexity index is 555. The van der Waals surface area contributed by atoms with E-state index in [1.807, 2.05) is 0 Å². The minimum absolute atomic E-state index is 0.218. The zero-order valence-electron chi connectivity index (χ0n) is 8.60. The minimum atomic E-state index is -3.68. The molecule has 0 saturated heterocycles. The van der Waals surface area contributed by atoms with E-state index in [0.29, 0.717) is 6.08 Å². The number of nitriles is 1. The van der Waals surface area contributed by atoms with Crippen LogP contribution in [0, 0.1) is 11.3 Å². The normalized spacial score (nSPS) is 10.6. The first-order valence-electron chi connectivity index (χ1n) is 4.56. The quantitative estimate of drug-likeness (QED) is 0.826. The molecule has 0 radical (unpaired) electrons. The Hall–Kier alpha value is -1.81. The van der Waals surface area contributed by atoms with Gasteiger partial charge in [0.1, 0.15) is 6.07 Å². The predicted molar refractivity (Wildman–Crippen MR) is 55.9 cm³/mol. The molecule has 0 bridgehead atoms. The minimum Gasteiger partial charge on any atom is -0.243 e. The van der Waals surface area contributed by atoms with Gasteiger partial charge in [-0.1, -0.05) is 0 Å². The van der Waals surface area contributed by atoms with Crippen LogP contribution in [0.2, 0.25) is 0 Å². The lowest BCUT2D eigenvalue weighted by molar-refractivity contribution is 0.418. The molecular weight excluding hydrogens is 250 g/mol. The molecule has 0 atom stereocenters. The zero-order valence-corrected chi connectivity index (χ0v) is 9.42. The van der Waals surface area contributed by atoms with E-state index in [9.17, 15) is 17.2 Å². The van der Waals surface area contributed by atoms with Crippen LogP contribution in [0.4, 0.5) is 8.78 Å². The van der Waals surface area contributed by atoms with Gasteiger partial charge in [0.25, 0.3) is 6.08 Å². The molecule has 1 rings (SSSR count). The fraction of sp³-hybridized carbons (Fsp3) is 0.200. The lowest BCUT2D eigenvalue weighted by Crippen LogP contribution is -2.08. The first kappa shape index (κ1) is 13.3. The van der Waals surface area contributed by atoms with Crippen molar-refractivity contribution in [3.05, 3.63) is 36.0 Å². The molecule has 0 aromatic carbocycles. The number of aromatic nitrogens is 1. The van der Waals surface area contributed by atoms with E-state index in [1.165, 1.54) is 12.1 Å². The summed E-state index contributed by atoms with van der Waals surface area (Å²) in [5.74, 6) is -0.441. The number of nitrogens with zero attached hydrogens (tertiary/aromatic N) is 2. The fourth-order valence-corrected chi connectivity index (χ4v) is 2.18. The summed E-state index contributed by atoms with van der Waals surface area (Å²) in [6.07, 6.45) is -0.514. The van der Waals surface area contributed by atoms with E-state index in [2.05, 4.69) is 4.98 Å². The summed E-state index contributed by atoms with van der Waals surface area (Å²) in [4.78, 5) is 3.60. The second-order valence-electron chi connectivity index (χ2n) is 3.10. The largest absolute Gasteiger partial charge is 0.266 e. The van der Waals surface area contributed by atoms with Crippen LogP contribution < -0.4 is 0 Å². The Morgan fingerprint density at radius 1 is 1.47 bits per heavy atom. The van der Waals surface area contributed by atoms with Crippen molar-refractivity contribution in [2.75, 3.05) is 5.75 Å². The smallest absolute Gasteiger partial charge is 0.243 e. The highest BCUT2D eigenvalue weighted by molar-refractivity contribution is 7.91. The number of pyridine rings is 1. The lowest BCUT2D eigenvalue weighted by Gasteiger charge is -2.01. The molecule has 0 N–H and O–H groups in total. The summed E-state index contributed by atoms with van der Waals surface area (Å²) in [5.41, 5.74) is 0.235. The van der Waals surface area contributed by atoms with Crippen molar-refractivity contribution in [3.8, 4) is 6.07 Å². The molecular formula is C10H8F2N2O2S. The molecule has 0 fully saturated rings. The van der Waals surface area contributed by atoms with Crippen LogP contribution in [0.1, 0.15) is 12.0 Å². The van der Waals surface area contributed by atoms with Gasteiger partial charge in [0.15, 0.2) is 14.9 Å². The van der Waals surface area contributed by atoms with Gasteiger partial charge >= 0.3 is 0 Å². The van der Waals surface area contributed by atoms with Gasteiger partial charge in [0.05, 0.1) is 11.3 Å². The second kappa shape index (κ2) is 5.50.